The molecule has 0 unspecified atom stereocenters. The summed E-state index contributed by atoms with van der Waals surface area (Å²) < 4.78 is 0. The van der Waals surface area contributed by atoms with Crippen LogP contribution in [0.1, 0.15) is 46.0 Å². The molecule has 0 aromatic carbocycles. The van der Waals surface area contributed by atoms with Crippen molar-refractivity contribution in [2.45, 2.75) is 46.0 Å². The molecule has 0 aliphatic heterocycles. The van der Waals surface area contributed by atoms with Gasteiger partial charge in [-0.15, -0.1) is 0 Å². The third-order valence-electron chi connectivity index (χ3n) is 2.14. The van der Waals surface area contributed by atoms with E-state index >= 15 is 0 Å². The minimum absolute atomic E-state index is 0.312. The van der Waals surface area contributed by atoms with Gasteiger partial charge in [0.05, 0.1) is 0 Å². The second kappa shape index (κ2) is 9.00. The van der Waals surface area contributed by atoms with Crippen molar-refractivity contribution in [2.24, 2.45) is 5.92 Å². The summed E-state index contributed by atoms with van der Waals surface area (Å²) in [6, 6.07) is 0. The number of carboxylic acid groups (broad SMARTS) is 1. The standard InChI is InChI=1S/C11H23NO2/c1-10(2)7-9-12-8-5-3-4-6-11(13)14/h10,12H,3-9H2,1-2H3,(H,13,14). The Morgan fingerprint density at radius 2 is 1.93 bits per heavy atom. The Hall–Kier alpha value is -0.570. The molecule has 0 rings (SSSR count). The van der Waals surface area contributed by atoms with Gasteiger partial charge in [0.2, 0.25) is 0 Å². The normalized spacial score (nSPS) is 10.8. The molecule has 0 heterocycles. The molecule has 0 bridgehead atoms. The second-order valence-corrected chi connectivity index (χ2v) is 4.14. The lowest BCUT2D eigenvalue weighted by Crippen LogP contribution is -2.18. The van der Waals surface area contributed by atoms with Gasteiger partial charge < -0.3 is 10.4 Å². The molecule has 0 aromatic heterocycles. The van der Waals surface area contributed by atoms with E-state index in [9.17, 15) is 4.79 Å². The fourth-order valence-corrected chi connectivity index (χ4v) is 1.22. The van der Waals surface area contributed by atoms with Crippen LogP contribution in [-0.4, -0.2) is 24.2 Å². The van der Waals surface area contributed by atoms with Gasteiger partial charge in [0.15, 0.2) is 0 Å². The van der Waals surface area contributed by atoms with Gasteiger partial charge in [-0.05, 0) is 38.3 Å². The maximum absolute atomic E-state index is 10.2. The first-order valence-corrected chi connectivity index (χ1v) is 5.55. The number of unbranched alkanes of at least 4 members (excludes halogenated alkanes) is 2. The first-order chi connectivity index (χ1) is 6.63. The molecule has 3 nitrogen and oxygen atoms in total. The lowest BCUT2D eigenvalue weighted by molar-refractivity contribution is -0.137. The maximum Gasteiger partial charge on any atom is 0.303 e. The maximum atomic E-state index is 10.2. The van der Waals surface area contributed by atoms with E-state index in [4.69, 9.17) is 5.11 Å². The molecule has 3 heteroatoms. The van der Waals surface area contributed by atoms with Crippen LogP contribution in [0, 0.1) is 5.92 Å². The fourth-order valence-electron chi connectivity index (χ4n) is 1.22. The molecule has 14 heavy (non-hydrogen) atoms. The van der Waals surface area contributed by atoms with Crippen LogP contribution in [0.15, 0.2) is 0 Å². The van der Waals surface area contributed by atoms with Gasteiger partial charge in [0.1, 0.15) is 0 Å². The highest BCUT2D eigenvalue weighted by molar-refractivity contribution is 5.66. The van der Waals surface area contributed by atoms with Crippen LogP contribution in [0.2, 0.25) is 0 Å². The van der Waals surface area contributed by atoms with E-state index in [-0.39, 0.29) is 0 Å². The topological polar surface area (TPSA) is 49.3 Å². The van der Waals surface area contributed by atoms with E-state index in [2.05, 4.69) is 19.2 Å². The highest BCUT2D eigenvalue weighted by atomic mass is 16.4. The first kappa shape index (κ1) is 13.4. The molecule has 0 spiro atoms. The summed E-state index contributed by atoms with van der Waals surface area (Å²) in [7, 11) is 0. The smallest absolute Gasteiger partial charge is 0.303 e. The zero-order valence-corrected chi connectivity index (χ0v) is 9.38. The third-order valence-corrected chi connectivity index (χ3v) is 2.14. The van der Waals surface area contributed by atoms with Gasteiger partial charge in [0.25, 0.3) is 0 Å². The first-order valence-electron chi connectivity index (χ1n) is 5.55. The Morgan fingerprint density at radius 3 is 2.50 bits per heavy atom. The molecule has 2 N–H and O–H groups in total. The van der Waals surface area contributed by atoms with Gasteiger partial charge >= 0.3 is 5.97 Å². The predicted octanol–water partition coefficient (Wildman–Crippen LogP) is 2.27. The van der Waals surface area contributed by atoms with E-state index in [1.807, 2.05) is 0 Å². The minimum atomic E-state index is -0.683. The molecular formula is C11H23NO2. The van der Waals surface area contributed by atoms with Crippen molar-refractivity contribution < 1.29 is 9.90 Å². The van der Waals surface area contributed by atoms with Crippen LogP contribution in [0.4, 0.5) is 0 Å². The van der Waals surface area contributed by atoms with Crippen LogP contribution < -0.4 is 5.32 Å². The van der Waals surface area contributed by atoms with Crippen molar-refractivity contribution >= 4 is 5.97 Å². The molecule has 0 atom stereocenters. The molecule has 0 fully saturated rings. The van der Waals surface area contributed by atoms with E-state index < -0.39 is 5.97 Å². The summed E-state index contributed by atoms with van der Waals surface area (Å²) in [6.07, 6.45) is 4.44. The quantitative estimate of drug-likeness (QED) is 0.563. The van der Waals surface area contributed by atoms with Crippen LogP contribution in [-0.2, 0) is 4.79 Å². The summed E-state index contributed by atoms with van der Waals surface area (Å²) in [5, 5.41) is 11.8. The number of hydrogen-bond acceptors (Lipinski definition) is 2. The van der Waals surface area contributed by atoms with Crippen LogP contribution in [0.25, 0.3) is 0 Å². The molecule has 0 radical (unpaired) electrons. The van der Waals surface area contributed by atoms with E-state index in [0.717, 1.165) is 38.3 Å². The summed E-state index contributed by atoms with van der Waals surface area (Å²) in [5.74, 6) is 0.0762. The molecule has 0 aromatic rings. The van der Waals surface area contributed by atoms with E-state index in [1.165, 1.54) is 6.42 Å². The van der Waals surface area contributed by atoms with Crippen LogP contribution in [0.5, 0.6) is 0 Å². The van der Waals surface area contributed by atoms with Gasteiger partial charge in [-0.1, -0.05) is 20.3 Å². The van der Waals surface area contributed by atoms with Crippen molar-refractivity contribution in [3.8, 4) is 0 Å². The van der Waals surface area contributed by atoms with Crippen LogP contribution >= 0.6 is 0 Å². The van der Waals surface area contributed by atoms with Crippen molar-refractivity contribution in [1.82, 2.24) is 5.32 Å². The lowest BCUT2D eigenvalue weighted by atomic mass is 10.1. The predicted molar refractivity (Wildman–Crippen MR) is 58.4 cm³/mol. The monoisotopic (exact) mass is 201 g/mol. The Bertz CT molecular complexity index is 146. The summed E-state index contributed by atoms with van der Waals surface area (Å²) in [4.78, 5) is 10.2. The van der Waals surface area contributed by atoms with Crippen molar-refractivity contribution in [2.75, 3.05) is 13.1 Å². The summed E-state index contributed by atoms with van der Waals surface area (Å²) in [5.41, 5.74) is 0. The van der Waals surface area contributed by atoms with E-state index in [1.54, 1.807) is 0 Å². The van der Waals surface area contributed by atoms with Gasteiger partial charge in [-0.25, -0.2) is 0 Å². The van der Waals surface area contributed by atoms with Crippen molar-refractivity contribution in [1.29, 1.82) is 0 Å². The Morgan fingerprint density at radius 1 is 1.21 bits per heavy atom. The zero-order chi connectivity index (χ0) is 10.8. The van der Waals surface area contributed by atoms with Gasteiger partial charge in [0, 0.05) is 6.42 Å². The number of nitrogens with one attached hydrogen (secondary N) is 1. The number of aliphatic carboxylic acids is 1. The molecule has 0 aliphatic carbocycles. The molecular weight excluding hydrogens is 178 g/mol. The minimum Gasteiger partial charge on any atom is -0.481 e. The average molecular weight is 201 g/mol. The number of hydrogen-bond donors (Lipinski definition) is 2. The fraction of sp³-hybridized carbons (Fsp3) is 0.909. The molecule has 0 aliphatic rings. The second-order valence-electron chi connectivity index (χ2n) is 4.14. The number of rotatable bonds is 9. The highest BCUT2D eigenvalue weighted by Gasteiger charge is 1.96. The SMILES string of the molecule is CC(C)CCNCCCCCC(=O)O. The van der Waals surface area contributed by atoms with Gasteiger partial charge in [-0.3, -0.25) is 4.79 Å². The van der Waals surface area contributed by atoms with Gasteiger partial charge in [-0.2, -0.15) is 0 Å². The zero-order valence-electron chi connectivity index (χ0n) is 9.38. The molecule has 0 saturated heterocycles. The number of carbonyl (C=O) groups is 1. The summed E-state index contributed by atoms with van der Waals surface area (Å²) >= 11 is 0. The Balaban J connectivity index is 2.96. The lowest BCUT2D eigenvalue weighted by Gasteiger charge is -2.06. The summed E-state index contributed by atoms with van der Waals surface area (Å²) in [6.45, 7) is 6.53. The molecule has 0 saturated carbocycles. The molecule has 84 valence electrons. The highest BCUT2D eigenvalue weighted by Crippen LogP contribution is 1.99. The largest absolute Gasteiger partial charge is 0.481 e. The Labute approximate surface area is 86.9 Å². The third kappa shape index (κ3) is 11.4. The average Bonchev–Trinajstić information content (AvgIpc) is 2.08. The Kier molecular flexibility index (Phi) is 8.64. The van der Waals surface area contributed by atoms with Crippen molar-refractivity contribution in [3.05, 3.63) is 0 Å². The van der Waals surface area contributed by atoms with Crippen LogP contribution in [0.3, 0.4) is 0 Å². The molecule has 0 amide bonds. The number of carboxylic acids is 1. The van der Waals surface area contributed by atoms with Crippen molar-refractivity contribution in [3.63, 3.8) is 0 Å². The van der Waals surface area contributed by atoms with E-state index in [0.29, 0.717) is 6.42 Å².